The van der Waals surface area contributed by atoms with E-state index in [2.05, 4.69) is 11.5 Å². The van der Waals surface area contributed by atoms with Crippen molar-refractivity contribution in [2.24, 2.45) is 14.1 Å². The quantitative estimate of drug-likeness (QED) is 0.0650. The molecule has 4 heterocycles. The number of fused-ring (bicyclic) bond motifs is 4. The van der Waals surface area contributed by atoms with E-state index in [1.165, 1.54) is 0 Å². The molecule has 0 bridgehead atoms. The second kappa shape index (κ2) is 16.2. The van der Waals surface area contributed by atoms with Gasteiger partial charge in [0, 0.05) is 72.6 Å². The molecule has 0 N–H and O–H groups in total. The lowest BCUT2D eigenvalue weighted by Gasteiger charge is -2.35. The van der Waals surface area contributed by atoms with Crippen molar-refractivity contribution >= 4 is 62.6 Å². The lowest BCUT2D eigenvalue weighted by molar-refractivity contribution is -0.0390. The molecule has 1 amide bonds. The van der Waals surface area contributed by atoms with Crippen LogP contribution in [0.3, 0.4) is 0 Å². The Morgan fingerprint density at radius 2 is 1.72 bits per heavy atom. The number of halogens is 2. The molecule has 6 aromatic rings. The van der Waals surface area contributed by atoms with Crippen molar-refractivity contribution < 1.29 is 28.5 Å². The van der Waals surface area contributed by atoms with Gasteiger partial charge in [0.05, 0.1) is 52.8 Å². The molecule has 0 unspecified atom stereocenters. The number of methoxy groups -OCH3 is 1. The van der Waals surface area contributed by atoms with Crippen molar-refractivity contribution in [3.05, 3.63) is 97.5 Å². The minimum Gasteiger partial charge on any atom is -0.494 e. The van der Waals surface area contributed by atoms with E-state index in [9.17, 15) is 4.79 Å². The highest BCUT2D eigenvalue weighted by Crippen LogP contribution is 2.46. The number of rotatable bonds is 13. The largest absolute Gasteiger partial charge is 0.494 e. The molecule has 1 aliphatic rings. The van der Waals surface area contributed by atoms with Gasteiger partial charge in [0.1, 0.15) is 18.2 Å². The van der Waals surface area contributed by atoms with Crippen LogP contribution in [0, 0.1) is 27.7 Å². The minimum absolute atomic E-state index is 0.0950. The summed E-state index contributed by atoms with van der Waals surface area (Å²) < 4.78 is 28.6. The number of esters is 1. The number of amides is 1. The van der Waals surface area contributed by atoms with Crippen molar-refractivity contribution in [3.63, 3.8) is 0 Å². The number of hydrogen-bond acceptors (Lipinski definition) is 7. The molecule has 11 nitrogen and oxygen atoms in total. The molecular weight excluding hydrogens is 765 g/mol. The van der Waals surface area contributed by atoms with Gasteiger partial charge in [-0.3, -0.25) is 9.48 Å². The minimum atomic E-state index is -0.429. The van der Waals surface area contributed by atoms with Crippen LogP contribution in [-0.4, -0.2) is 64.5 Å². The third-order valence-electron chi connectivity index (χ3n) is 10.9. The number of carbonyl (C=O) groups is 2. The monoisotopic (exact) mass is 813 g/mol. The van der Waals surface area contributed by atoms with Crippen LogP contribution in [0.4, 0.5) is 5.69 Å². The van der Waals surface area contributed by atoms with Crippen LogP contribution >= 0.6 is 23.2 Å². The summed E-state index contributed by atoms with van der Waals surface area (Å²) in [7, 11) is 5.38. The smallest absolute Gasteiger partial charge is 0.340 e. The van der Waals surface area contributed by atoms with Gasteiger partial charge in [-0.05, 0) is 107 Å². The molecule has 0 fully saturated rings. The molecule has 1 aliphatic heterocycles. The SMILES string of the molecule is CCOC(=O)c1cn(C)c2c(N3C[C@@H](C)n4c(c(CCCOc5cc(C)c(Cl)c(C)c5)c5ccc(Cl)c(-c6c(C)nn(C)c6C)c54)C3=O)cc(COCOC)cc12. The van der Waals surface area contributed by atoms with E-state index in [0.717, 1.165) is 72.0 Å². The van der Waals surface area contributed by atoms with Gasteiger partial charge < -0.3 is 33.0 Å². The van der Waals surface area contributed by atoms with Gasteiger partial charge in [0.25, 0.3) is 5.91 Å². The number of aryl methyl sites for hydroxylation is 6. The normalized spacial score (nSPS) is 14.3. The number of anilines is 1. The fourth-order valence-electron chi connectivity index (χ4n) is 8.42. The standard InChI is InChI=1S/C44H49Cl2N5O6/c1-10-56-44(53)34-21-48(7)40-33(34)18-29(22-55-23-54-9)19-36(40)50-20-26(4)51-41-32(13-14-35(45)38(41)37-27(5)47-49(8)28(37)6)31(42(51)43(50)52)12-11-15-57-30-16-24(2)39(46)25(3)17-30/h13-14,16-19,21,26H,10-12,15,20,22-23H2,1-9H3/t26-/m1/s1. The first kappa shape index (κ1) is 40.4. The van der Waals surface area contributed by atoms with E-state index in [1.54, 1.807) is 20.2 Å². The van der Waals surface area contributed by atoms with E-state index >= 15 is 4.79 Å². The summed E-state index contributed by atoms with van der Waals surface area (Å²) in [5, 5.41) is 7.70. The van der Waals surface area contributed by atoms with E-state index in [0.29, 0.717) is 53.3 Å². The zero-order valence-electron chi connectivity index (χ0n) is 34.0. The molecule has 300 valence electrons. The molecule has 0 saturated carbocycles. The van der Waals surface area contributed by atoms with Crippen LogP contribution in [0.25, 0.3) is 32.9 Å². The summed E-state index contributed by atoms with van der Waals surface area (Å²) in [6.45, 7) is 13.2. The van der Waals surface area contributed by atoms with Crippen LogP contribution in [0.5, 0.6) is 5.75 Å². The van der Waals surface area contributed by atoms with Gasteiger partial charge in [0.2, 0.25) is 0 Å². The highest BCUT2D eigenvalue weighted by molar-refractivity contribution is 6.35. The maximum Gasteiger partial charge on any atom is 0.340 e. The van der Waals surface area contributed by atoms with Crippen molar-refractivity contribution in [3.8, 4) is 16.9 Å². The molecule has 3 aromatic carbocycles. The average molecular weight is 815 g/mol. The van der Waals surface area contributed by atoms with E-state index in [4.69, 9.17) is 47.2 Å². The Kier molecular flexibility index (Phi) is 11.5. The topological polar surface area (TPSA) is 102 Å². The van der Waals surface area contributed by atoms with Crippen molar-refractivity contribution in [2.45, 2.75) is 67.0 Å². The molecular formula is C44H49Cl2N5O6. The Morgan fingerprint density at radius 1 is 0.982 bits per heavy atom. The Morgan fingerprint density at radius 3 is 2.39 bits per heavy atom. The zero-order valence-corrected chi connectivity index (χ0v) is 35.5. The van der Waals surface area contributed by atoms with Gasteiger partial charge in [-0.15, -0.1) is 0 Å². The second-order valence-electron chi connectivity index (χ2n) is 14.9. The van der Waals surface area contributed by atoms with Gasteiger partial charge in [-0.1, -0.05) is 29.3 Å². The highest BCUT2D eigenvalue weighted by Gasteiger charge is 2.38. The molecule has 1 atom stereocenters. The lowest BCUT2D eigenvalue weighted by atomic mass is 9.98. The van der Waals surface area contributed by atoms with Crippen molar-refractivity contribution in [2.75, 3.05) is 38.6 Å². The van der Waals surface area contributed by atoms with Crippen LogP contribution in [0.1, 0.15) is 80.8 Å². The van der Waals surface area contributed by atoms with E-state index < -0.39 is 5.97 Å². The van der Waals surface area contributed by atoms with Crippen LogP contribution in [0.15, 0.2) is 42.6 Å². The van der Waals surface area contributed by atoms with E-state index in [-0.39, 0.29) is 32.0 Å². The average Bonchev–Trinajstić information content (AvgIpc) is 3.78. The van der Waals surface area contributed by atoms with Crippen LogP contribution < -0.4 is 9.64 Å². The summed E-state index contributed by atoms with van der Waals surface area (Å²) in [6, 6.07) is 11.6. The lowest BCUT2D eigenvalue weighted by Crippen LogP contribution is -2.43. The predicted octanol–water partition coefficient (Wildman–Crippen LogP) is 9.60. The summed E-state index contributed by atoms with van der Waals surface area (Å²) in [5.41, 5.74) is 10.6. The third kappa shape index (κ3) is 7.20. The highest BCUT2D eigenvalue weighted by atomic mass is 35.5. The van der Waals surface area contributed by atoms with E-state index in [1.807, 2.05) is 92.3 Å². The summed E-state index contributed by atoms with van der Waals surface area (Å²) in [4.78, 5) is 30.5. The predicted molar refractivity (Wildman–Crippen MR) is 225 cm³/mol. The molecule has 7 rings (SSSR count). The van der Waals surface area contributed by atoms with Gasteiger partial charge in [-0.2, -0.15) is 5.10 Å². The Bertz CT molecular complexity index is 2530. The molecule has 0 radical (unpaired) electrons. The second-order valence-corrected chi connectivity index (χ2v) is 15.7. The Labute approximate surface area is 342 Å². The first-order chi connectivity index (χ1) is 27.3. The Balaban J connectivity index is 1.39. The first-order valence-electron chi connectivity index (χ1n) is 19.2. The number of benzene rings is 3. The van der Waals surface area contributed by atoms with Gasteiger partial charge in [0.15, 0.2) is 0 Å². The fraction of sp³-hybridized carbons (Fsp3) is 0.386. The summed E-state index contributed by atoms with van der Waals surface area (Å²) in [5.74, 6) is 0.177. The van der Waals surface area contributed by atoms with Crippen molar-refractivity contribution in [1.82, 2.24) is 18.9 Å². The number of carbonyl (C=O) groups excluding carboxylic acids is 2. The number of hydrogen-bond donors (Lipinski definition) is 0. The van der Waals surface area contributed by atoms with Crippen LogP contribution in [0.2, 0.25) is 10.0 Å². The van der Waals surface area contributed by atoms with Gasteiger partial charge in [-0.25, -0.2) is 4.79 Å². The molecule has 0 saturated heterocycles. The number of ether oxygens (including phenoxy) is 4. The summed E-state index contributed by atoms with van der Waals surface area (Å²) >= 11 is 13.6. The first-order valence-corrected chi connectivity index (χ1v) is 20.0. The van der Waals surface area contributed by atoms with Crippen molar-refractivity contribution in [1.29, 1.82) is 0 Å². The molecule has 57 heavy (non-hydrogen) atoms. The maximum absolute atomic E-state index is 15.4. The maximum atomic E-state index is 15.4. The summed E-state index contributed by atoms with van der Waals surface area (Å²) in [6.07, 6.45) is 2.98. The Hall–Kier alpha value is -4.81. The third-order valence-corrected chi connectivity index (χ3v) is 11.8. The molecule has 3 aromatic heterocycles. The number of aromatic nitrogens is 4. The fourth-order valence-corrected chi connectivity index (χ4v) is 8.78. The molecule has 0 aliphatic carbocycles. The van der Waals surface area contributed by atoms with Gasteiger partial charge >= 0.3 is 5.97 Å². The van der Waals surface area contributed by atoms with Crippen LogP contribution in [-0.2, 0) is 41.3 Å². The molecule has 0 spiro atoms. The number of nitrogens with zero attached hydrogens (tertiary/aromatic N) is 5. The zero-order chi connectivity index (χ0) is 40.9. The molecule has 13 heteroatoms.